The van der Waals surface area contributed by atoms with Crippen molar-refractivity contribution in [2.75, 3.05) is 26.4 Å². The van der Waals surface area contributed by atoms with E-state index in [0.29, 0.717) is 32.0 Å². The summed E-state index contributed by atoms with van der Waals surface area (Å²) in [5.74, 6) is -1.26. The maximum atomic E-state index is 13.8. The van der Waals surface area contributed by atoms with E-state index in [1.54, 1.807) is 0 Å². The maximum absolute atomic E-state index is 13.8. The van der Waals surface area contributed by atoms with Crippen LogP contribution in [0.25, 0.3) is 0 Å². The molecule has 1 aromatic rings. The first-order valence-corrected chi connectivity index (χ1v) is 8.94. The fourth-order valence-corrected chi connectivity index (χ4v) is 2.97. The molecule has 2 heterocycles. The van der Waals surface area contributed by atoms with Crippen LogP contribution >= 0.6 is 0 Å². The molecule has 0 atom stereocenters. The van der Waals surface area contributed by atoms with Crippen molar-refractivity contribution in [1.29, 1.82) is 0 Å². The fraction of sp³-hybridized carbons (Fsp3) is 0.579. The highest BCUT2D eigenvalue weighted by Crippen LogP contribution is 2.31. The van der Waals surface area contributed by atoms with Crippen molar-refractivity contribution in [2.45, 2.75) is 32.5 Å². The molecule has 2 saturated heterocycles. The van der Waals surface area contributed by atoms with Crippen molar-refractivity contribution in [2.24, 2.45) is 11.8 Å². The standard InChI is InChI=1S/C19H23F3O5/c1-2-3-4-12-8-23-18(24-9-12)14-10-25-17(26-11-14)13-5-6-16(15(20)7-13)27-19(21)22/h3-7,12,14,17-19H,2,8-11H2,1H3. The Balaban J connectivity index is 1.49. The lowest BCUT2D eigenvalue weighted by molar-refractivity contribution is -0.280. The van der Waals surface area contributed by atoms with Crippen molar-refractivity contribution in [3.05, 3.63) is 41.7 Å². The summed E-state index contributed by atoms with van der Waals surface area (Å²) in [4.78, 5) is 0. The highest BCUT2D eigenvalue weighted by molar-refractivity contribution is 5.30. The third-order valence-corrected chi connectivity index (χ3v) is 4.35. The van der Waals surface area contributed by atoms with E-state index in [0.717, 1.165) is 18.6 Å². The van der Waals surface area contributed by atoms with Gasteiger partial charge in [-0.15, -0.1) is 0 Å². The third-order valence-electron chi connectivity index (χ3n) is 4.35. The van der Waals surface area contributed by atoms with Crippen molar-refractivity contribution < 1.29 is 36.9 Å². The van der Waals surface area contributed by atoms with E-state index in [9.17, 15) is 13.2 Å². The lowest BCUT2D eigenvalue weighted by Crippen LogP contribution is -2.42. The quantitative estimate of drug-likeness (QED) is 0.689. The predicted molar refractivity (Wildman–Crippen MR) is 89.8 cm³/mol. The molecule has 0 N–H and O–H groups in total. The van der Waals surface area contributed by atoms with Crippen molar-refractivity contribution in [3.63, 3.8) is 0 Å². The van der Waals surface area contributed by atoms with Gasteiger partial charge in [-0.3, -0.25) is 0 Å². The number of rotatable bonds is 6. The first-order valence-electron chi connectivity index (χ1n) is 8.94. The summed E-state index contributed by atoms with van der Waals surface area (Å²) in [7, 11) is 0. The number of halogens is 3. The Bertz CT molecular complexity index is 624. The minimum Gasteiger partial charge on any atom is -0.432 e. The highest BCUT2D eigenvalue weighted by atomic mass is 19.3. The Morgan fingerprint density at radius 2 is 1.81 bits per heavy atom. The molecule has 0 saturated carbocycles. The first-order chi connectivity index (χ1) is 13.1. The molecule has 8 heteroatoms. The molecule has 0 aromatic heterocycles. The lowest BCUT2D eigenvalue weighted by atomic mass is 10.1. The number of benzene rings is 1. The van der Waals surface area contributed by atoms with Gasteiger partial charge in [0.25, 0.3) is 0 Å². The fourth-order valence-electron chi connectivity index (χ4n) is 2.97. The Labute approximate surface area is 156 Å². The van der Waals surface area contributed by atoms with Crippen molar-refractivity contribution in [3.8, 4) is 5.75 Å². The number of alkyl halides is 2. The van der Waals surface area contributed by atoms with E-state index in [1.807, 2.05) is 0 Å². The van der Waals surface area contributed by atoms with Gasteiger partial charge in [0.05, 0.1) is 32.3 Å². The molecule has 0 bridgehead atoms. The average molecular weight is 388 g/mol. The van der Waals surface area contributed by atoms with Crippen LogP contribution in [0.4, 0.5) is 13.2 Å². The highest BCUT2D eigenvalue weighted by Gasteiger charge is 2.34. The second-order valence-corrected chi connectivity index (χ2v) is 6.46. The molecule has 0 radical (unpaired) electrons. The van der Waals surface area contributed by atoms with Gasteiger partial charge in [0.1, 0.15) is 0 Å². The molecule has 0 spiro atoms. The third kappa shape index (κ3) is 5.44. The molecular weight excluding hydrogens is 365 g/mol. The SMILES string of the molecule is CCC=CC1COC(C2COC(c3ccc(OC(F)F)c(F)c3)OC2)OC1. The molecule has 2 aliphatic rings. The summed E-state index contributed by atoms with van der Waals surface area (Å²) in [5, 5.41) is 0. The van der Waals surface area contributed by atoms with Crippen LogP contribution in [-0.4, -0.2) is 39.3 Å². The van der Waals surface area contributed by atoms with Crippen LogP contribution in [-0.2, 0) is 18.9 Å². The maximum Gasteiger partial charge on any atom is 0.387 e. The average Bonchev–Trinajstić information content (AvgIpc) is 2.68. The number of ether oxygens (including phenoxy) is 5. The molecular formula is C19H23F3O5. The van der Waals surface area contributed by atoms with Crippen LogP contribution in [0.5, 0.6) is 5.75 Å². The number of hydrogen-bond acceptors (Lipinski definition) is 5. The summed E-state index contributed by atoms with van der Waals surface area (Å²) >= 11 is 0. The Morgan fingerprint density at radius 3 is 2.41 bits per heavy atom. The van der Waals surface area contributed by atoms with Gasteiger partial charge in [0.15, 0.2) is 24.1 Å². The van der Waals surface area contributed by atoms with Gasteiger partial charge in [-0.05, 0) is 18.6 Å². The summed E-state index contributed by atoms with van der Waals surface area (Å²) in [6.07, 6.45) is 3.97. The van der Waals surface area contributed by atoms with Crippen LogP contribution in [0, 0.1) is 17.7 Å². The molecule has 1 aromatic carbocycles. The Hall–Kier alpha value is -1.61. The van der Waals surface area contributed by atoms with Crippen LogP contribution in [0.2, 0.25) is 0 Å². The van der Waals surface area contributed by atoms with Crippen LogP contribution in [0.1, 0.15) is 25.2 Å². The lowest BCUT2D eigenvalue weighted by Gasteiger charge is -2.37. The predicted octanol–water partition coefficient (Wildman–Crippen LogP) is 4.04. The number of allylic oxidation sites excluding steroid dienone is 1. The van der Waals surface area contributed by atoms with Crippen LogP contribution in [0.3, 0.4) is 0 Å². The van der Waals surface area contributed by atoms with Crippen molar-refractivity contribution in [1.82, 2.24) is 0 Å². The molecule has 2 fully saturated rings. The van der Waals surface area contributed by atoms with E-state index in [2.05, 4.69) is 23.8 Å². The van der Waals surface area contributed by atoms with Gasteiger partial charge in [-0.1, -0.05) is 25.1 Å². The van der Waals surface area contributed by atoms with E-state index in [-0.39, 0.29) is 11.8 Å². The van der Waals surface area contributed by atoms with E-state index >= 15 is 0 Å². The van der Waals surface area contributed by atoms with Gasteiger partial charge in [-0.25, -0.2) is 4.39 Å². The second-order valence-electron chi connectivity index (χ2n) is 6.46. The van der Waals surface area contributed by atoms with Gasteiger partial charge < -0.3 is 23.7 Å². The van der Waals surface area contributed by atoms with Crippen LogP contribution < -0.4 is 4.74 Å². The molecule has 2 aliphatic heterocycles. The Morgan fingerprint density at radius 1 is 1.11 bits per heavy atom. The minimum atomic E-state index is -3.08. The molecule has 3 rings (SSSR count). The van der Waals surface area contributed by atoms with Gasteiger partial charge in [-0.2, -0.15) is 8.78 Å². The molecule has 0 aliphatic carbocycles. The molecule has 0 unspecified atom stereocenters. The second kappa shape index (κ2) is 9.54. The topological polar surface area (TPSA) is 46.2 Å². The largest absolute Gasteiger partial charge is 0.432 e. The van der Waals surface area contributed by atoms with E-state index < -0.39 is 30.8 Å². The molecule has 27 heavy (non-hydrogen) atoms. The van der Waals surface area contributed by atoms with E-state index in [1.165, 1.54) is 6.07 Å². The van der Waals surface area contributed by atoms with Gasteiger partial charge in [0, 0.05) is 11.5 Å². The summed E-state index contributed by atoms with van der Waals surface area (Å²) in [6.45, 7) is 0.794. The van der Waals surface area contributed by atoms with Gasteiger partial charge in [0.2, 0.25) is 0 Å². The van der Waals surface area contributed by atoms with Crippen molar-refractivity contribution >= 4 is 0 Å². The molecule has 5 nitrogen and oxygen atoms in total. The zero-order valence-electron chi connectivity index (χ0n) is 15.0. The monoisotopic (exact) mass is 388 g/mol. The Kier molecular flexibility index (Phi) is 7.12. The zero-order chi connectivity index (χ0) is 19.2. The minimum absolute atomic E-state index is 0.0939. The first kappa shape index (κ1) is 20.1. The van der Waals surface area contributed by atoms with Gasteiger partial charge >= 0.3 is 6.61 Å². The van der Waals surface area contributed by atoms with Crippen LogP contribution in [0.15, 0.2) is 30.4 Å². The molecule has 0 amide bonds. The zero-order valence-corrected chi connectivity index (χ0v) is 15.0. The smallest absolute Gasteiger partial charge is 0.387 e. The van der Waals surface area contributed by atoms with E-state index in [4.69, 9.17) is 18.9 Å². The molecule has 150 valence electrons. The summed E-state index contributed by atoms with van der Waals surface area (Å²) in [5.41, 5.74) is 0.391. The summed E-state index contributed by atoms with van der Waals surface area (Å²) < 4.78 is 65.1. The number of hydrogen-bond donors (Lipinski definition) is 0. The summed E-state index contributed by atoms with van der Waals surface area (Å²) in [6, 6.07) is 3.64. The normalized spacial score (nSPS) is 29.4.